The first kappa shape index (κ1) is 29.8. The summed E-state index contributed by atoms with van der Waals surface area (Å²) in [5.74, 6) is -0.541. The van der Waals surface area contributed by atoms with Crippen LogP contribution in [0.4, 0.5) is 11.4 Å². The Morgan fingerprint density at radius 1 is 1.00 bits per heavy atom. The fraction of sp³-hybridized carbons (Fsp3) is 0.613. The maximum absolute atomic E-state index is 13.0. The highest BCUT2D eigenvalue weighted by Gasteiger charge is 2.26. The monoisotopic (exact) mass is 551 g/mol. The van der Waals surface area contributed by atoms with Crippen molar-refractivity contribution in [2.24, 2.45) is 11.8 Å². The zero-order chi connectivity index (χ0) is 28.2. The zero-order valence-corrected chi connectivity index (χ0v) is 23.7. The molecule has 2 aliphatic rings. The normalized spacial score (nSPS) is 18.0. The lowest BCUT2D eigenvalue weighted by molar-refractivity contribution is -0.137. The maximum Gasteiger partial charge on any atom is 0.323 e. The SMILES string of the molecule is O=C(O)Cn1cc(NC(=O)[C@H]2CCCN(c3cncc(CCCCCCNCC4CCCCC4)c3)C2)ccc1=O. The number of pyridine rings is 2. The minimum atomic E-state index is -1.11. The van der Waals surface area contributed by atoms with Gasteiger partial charge in [-0.1, -0.05) is 32.1 Å². The molecule has 9 nitrogen and oxygen atoms in total. The number of carbonyl (C=O) groups excluding carboxylic acids is 1. The van der Waals surface area contributed by atoms with Crippen molar-refractivity contribution >= 4 is 23.3 Å². The van der Waals surface area contributed by atoms with Gasteiger partial charge in [-0.3, -0.25) is 19.4 Å². The molecule has 2 aromatic rings. The highest BCUT2D eigenvalue weighted by molar-refractivity contribution is 5.93. The summed E-state index contributed by atoms with van der Waals surface area (Å²) in [6, 6.07) is 5.00. The number of aryl methyl sites for hydroxylation is 1. The molecule has 1 aliphatic heterocycles. The quantitative estimate of drug-likeness (QED) is 0.297. The summed E-state index contributed by atoms with van der Waals surface area (Å²) in [5.41, 5.74) is 2.29. The van der Waals surface area contributed by atoms with Crippen LogP contribution in [0.1, 0.15) is 76.2 Å². The number of carboxylic acids is 1. The van der Waals surface area contributed by atoms with Gasteiger partial charge in [0.25, 0.3) is 5.56 Å². The zero-order valence-electron chi connectivity index (χ0n) is 23.7. The molecule has 0 bridgehead atoms. The van der Waals surface area contributed by atoms with Crippen molar-refractivity contribution in [1.82, 2.24) is 14.9 Å². The van der Waals surface area contributed by atoms with Crippen LogP contribution < -0.4 is 21.1 Å². The van der Waals surface area contributed by atoms with Crippen LogP contribution in [0.5, 0.6) is 0 Å². The Morgan fingerprint density at radius 3 is 2.65 bits per heavy atom. The molecule has 9 heteroatoms. The third-order valence-corrected chi connectivity index (χ3v) is 8.22. The number of carbonyl (C=O) groups is 2. The highest BCUT2D eigenvalue weighted by Crippen LogP contribution is 2.25. The second-order valence-corrected chi connectivity index (χ2v) is 11.5. The highest BCUT2D eigenvalue weighted by atomic mass is 16.4. The molecule has 1 saturated carbocycles. The number of unbranched alkanes of at least 4 members (excludes halogenated alkanes) is 3. The molecule has 0 aromatic carbocycles. The molecule has 0 radical (unpaired) electrons. The average molecular weight is 552 g/mol. The number of carboxylic acid groups (broad SMARTS) is 1. The molecule has 218 valence electrons. The van der Waals surface area contributed by atoms with Gasteiger partial charge in [-0.2, -0.15) is 0 Å². The molecule has 3 heterocycles. The molecule has 1 aliphatic carbocycles. The van der Waals surface area contributed by atoms with Crippen molar-refractivity contribution in [3.63, 3.8) is 0 Å². The van der Waals surface area contributed by atoms with Gasteiger partial charge < -0.3 is 25.2 Å². The van der Waals surface area contributed by atoms with Crippen molar-refractivity contribution in [3.8, 4) is 0 Å². The van der Waals surface area contributed by atoms with Gasteiger partial charge >= 0.3 is 5.97 Å². The van der Waals surface area contributed by atoms with Gasteiger partial charge in [0.1, 0.15) is 6.54 Å². The van der Waals surface area contributed by atoms with Gasteiger partial charge in [-0.25, -0.2) is 0 Å². The van der Waals surface area contributed by atoms with E-state index in [-0.39, 0.29) is 11.8 Å². The lowest BCUT2D eigenvalue weighted by Gasteiger charge is -2.33. The van der Waals surface area contributed by atoms with Crippen molar-refractivity contribution in [2.45, 2.75) is 83.6 Å². The Balaban J connectivity index is 1.18. The van der Waals surface area contributed by atoms with Crippen molar-refractivity contribution in [3.05, 3.63) is 52.7 Å². The van der Waals surface area contributed by atoms with E-state index in [2.05, 4.69) is 26.6 Å². The fourth-order valence-corrected chi connectivity index (χ4v) is 5.96. The summed E-state index contributed by atoms with van der Waals surface area (Å²) >= 11 is 0. The molecular formula is C31H45N5O4. The molecule has 3 N–H and O–H groups in total. The number of anilines is 2. The number of amides is 1. The van der Waals surface area contributed by atoms with Crippen LogP contribution >= 0.6 is 0 Å². The minimum Gasteiger partial charge on any atom is -0.480 e. The predicted molar refractivity (Wildman–Crippen MR) is 158 cm³/mol. The molecule has 1 atom stereocenters. The Bertz CT molecular complexity index is 1160. The van der Waals surface area contributed by atoms with Crippen molar-refractivity contribution in [2.75, 3.05) is 36.4 Å². The van der Waals surface area contributed by atoms with E-state index < -0.39 is 18.1 Å². The first-order valence-electron chi connectivity index (χ1n) is 15.1. The third-order valence-electron chi connectivity index (χ3n) is 8.22. The summed E-state index contributed by atoms with van der Waals surface area (Å²) in [6.07, 6.45) is 19.8. The lowest BCUT2D eigenvalue weighted by atomic mass is 9.89. The van der Waals surface area contributed by atoms with Crippen LogP contribution in [0, 0.1) is 11.8 Å². The van der Waals surface area contributed by atoms with E-state index in [0.29, 0.717) is 12.2 Å². The molecule has 4 rings (SSSR count). The van der Waals surface area contributed by atoms with E-state index in [4.69, 9.17) is 5.11 Å². The van der Waals surface area contributed by atoms with Crippen LogP contribution in [0.15, 0.2) is 41.6 Å². The Morgan fingerprint density at radius 2 is 1.82 bits per heavy atom. The van der Waals surface area contributed by atoms with E-state index in [1.54, 1.807) is 0 Å². The number of rotatable bonds is 14. The molecule has 2 fully saturated rings. The first-order chi connectivity index (χ1) is 19.5. The van der Waals surface area contributed by atoms with Gasteiger partial charge in [0.05, 0.1) is 23.5 Å². The number of piperidine rings is 1. The molecular weight excluding hydrogens is 506 g/mol. The van der Waals surface area contributed by atoms with Crippen LogP contribution in [0.25, 0.3) is 0 Å². The largest absolute Gasteiger partial charge is 0.480 e. The number of nitrogens with one attached hydrogen (secondary N) is 2. The number of hydrogen-bond donors (Lipinski definition) is 3. The van der Waals surface area contributed by atoms with E-state index in [1.807, 2.05) is 12.4 Å². The molecule has 0 unspecified atom stereocenters. The second kappa shape index (κ2) is 15.6. The number of nitrogens with zero attached hydrogens (tertiary/aromatic N) is 3. The predicted octanol–water partition coefficient (Wildman–Crippen LogP) is 4.46. The van der Waals surface area contributed by atoms with Gasteiger partial charge in [0.2, 0.25) is 5.91 Å². The van der Waals surface area contributed by atoms with Crippen LogP contribution in [-0.4, -0.2) is 52.7 Å². The van der Waals surface area contributed by atoms with Crippen molar-refractivity contribution in [1.29, 1.82) is 0 Å². The number of aromatic nitrogens is 2. The lowest BCUT2D eigenvalue weighted by Crippen LogP contribution is -2.41. The summed E-state index contributed by atoms with van der Waals surface area (Å²) in [5, 5.41) is 15.5. The summed E-state index contributed by atoms with van der Waals surface area (Å²) in [7, 11) is 0. The molecule has 40 heavy (non-hydrogen) atoms. The molecule has 1 amide bonds. The van der Waals surface area contributed by atoms with Crippen LogP contribution in [-0.2, 0) is 22.6 Å². The molecule has 2 aromatic heterocycles. The summed E-state index contributed by atoms with van der Waals surface area (Å²) in [6.45, 7) is 3.36. The summed E-state index contributed by atoms with van der Waals surface area (Å²) in [4.78, 5) is 42.6. The van der Waals surface area contributed by atoms with Gasteiger partial charge in [0.15, 0.2) is 0 Å². The Kier molecular flexibility index (Phi) is 11.6. The van der Waals surface area contributed by atoms with E-state index >= 15 is 0 Å². The Hall–Kier alpha value is -3.20. The topological polar surface area (TPSA) is 117 Å². The molecule has 0 spiro atoms. The minimum absolute atomic E-state index is 0.123. The Labute approximate surface area is 237 Å². The smallest absolute Gasteiger partial charge is 0.323 e. The maximum atomic E-state index is 13.0. The first-order valence-corrected chi connectivity index (χ1v) is 15.1. The van der Waals surface area contributed by atoms with Gasteiger partial charge in [0, 0.05) is 31.5 Å². The van der Waals surface area contributed by atoms with E-state index in [1.165, 1.54) is 81.8 Å². The number of aliphatic carboxylic acids is 1. The van der Waals surface area contributed by atoms with Crippen molar-refractivity contribution < 1.29 is 14.7 Å². The van der Waals surface area contributed by atoms with E-state index in [9.17, 15) is 14.4 Å². The fourth-order valence-electron chi connectivity index (χ4n) is 5.96. The second-order valence-electron chi connectivity index (χ2n) is 11.5. The van der Waals surface area contributed by atoms with Crippen LogP contribution in [0.3, 0.4) is 0 Å². The third kappa shape index (κ3) is 9.47. The van der Waals surface area contributed by atoms with Gasteiger partial charge in [-0.15, -0.1) is 0 Å². The summed E-state index contributed by atoms with van der Waals surface area (Å²) < 4.78 is 1.08. The number of hydrogen-bond acceptors (Lipinski definition) is 6. The van der Waals surface area contributed by atoms with Gasteiger partial charge in [-0.05, 0) is 81.6 Å². The standard InChI is InChI=1S/C31H45N5O4/c37-29-14-13-27(22-36(29)23-30(38)39)34-31(40)26-12-8-16-35(21-26)28-17-25(19-33-20-28)11-4-1-2-7-15-32-18-24-9-5-3-6-10-24/h13-14,17,19-20,22,24,26,32H,1-12,15-16,18,21,23H2,(H,34,40)(H,38,39)/t26-/m0/s1. The van der Waals surface area contributed by atoms with Crippen LogP contribution in [0.2, 0.25) is 0 Å². The molecule has 1 saturated heterocycles. The van der Waals surface area contributed by atoms with E-state index in [0.717, 1.165) is 54.9 Å². The average Bonchev–Trinajstić information content (AvgIpc) is 2.97.